The van der Waals surface area contributed by atoms with Gasteiger partial charge < -0.3 is 30.3 Å². The van der Waals surface area contributed by atoms with Gasteiger partial charge in [-0.1, -0.05) is 0 Å². The number of hydrogen-bond donors (Lipinski definition) is 3. The molecule has 0 aliphatic heterocycles. The van der Waals surface area contributed by atoms with Crippen LogP contribution in [-0.4, -0.2) is 68.1 Å². The summed E-state index contributed by atoms with van der Waals surface area (Å²) in [5.74, 6) is 0.570. The number of rotatable bonds is 10. The molecule has 0 aromatic heterocycles. The summed E-state index contributed by atoms with van der Waals surface area (Å²) < 4.78 is 38.5. The molecule has 5 N–H and O–H groups in total. The summed E-state index contributed by atoms with van der Waals surface area (Å²) in [7, 11) is -4.42. The van der Waals surface area contributed by atoms with E-state index in [4.69, 9.17) is 16.2 Å². The topological polar surface area (TPSA) is 148 Å². The van der Waals surface area contributed by atoms with Crippen LogP contribution in [0.5, 0.6) is 5.75 Å². The van der Waals surface area contributed by atoms with Crippen LogP contribution in [0.15, 0.2) is 18.2 Å². The van der Waals surface area contributed by atoms with E-state index >= 15 is 0 Å². The lowest BCUT2D eigenvalue weighted by Crippen LogP contribution is -2.52. The zero-order valence-corrected chi connectivity index (χ0v) is 17.4. The van der Waals surface area contributed by atoms with Crippen LogP contribution in [0.2, 0.25) is 0 Å². The fraction of sp³-hybridized carbons (Fsp3) is 0.647. The van der Waals surface area contributed by atoms with E-state index < -0.39 is 16.5 Å². The molecule has 0 amide bonds. The number of likely N-dealkylation sites (N-methyl/N-ethyl adjacent to an activating group) is 1. The third kappa shape index (κ3) is 10.4. The lowest BCUT2D eigenvalue weighted by atomic mass is 10.2. The van der Waals surface area contributed by atoms with Crippen molar-refractivity contribution in [1.82, 2.24) is 0 Å². The molecule has 0 aliphatic rings. The van der Waals surface area contributed by atoms with Gasteiger partial charge in [0.05, 0.1) is 31.9 Å². The van der Waals surface area contributed by atoms with E-state index in [-0.39, 0.29) is 13.2 Å². The number of benzene rings is 1. The van der Waals surface area contributed by atoms with Crippen LogP contribution >= 0.6 is 0 Å². The predicted molar refractivity (Wildman–Crippen MR) is 105 cm³/mol. The molecule has 0 bridgehead atoms. The molecule has 1 unspecified atom stereocenters. The minimum Gasteiger partial charge on any atom is -0.726 e. The Morgan fingerprint density at radius 1 is 1.15 bits per heavy atom. The maximum Gasteiger partial charge on any atom is 0.217 e. The van der Waals surface area contributed by atoms with E-state index in [1.807, 2.05) is 0 Å². The van der Waals surface area contributed by atoms with Crippen LogP contribution in [0.3, 0.4) is 0 Å². The summed E-state index contributed by atoms with van der Waals surface area (Å²) in [5.41, 5.74) is 12.6. The maximum atomic E-state index is 10.2. The summed E-state index contributed by atoms with van der Waals surface area (Å²) in [6.45, 7) is 11.7. The first kappa shape index (κ1) is 25.4. The average Bonchev–Trinajstić information content (AvgIpc) is 2.58. The Balaban J connectivity index is 0.000000821. The Morgan fingerprint density at radius 2 is 1.70 bits per heavy atom. The van der Waals surface area contributed by atoms with Gasteiger partial charge in [0.25, 0.3) is 0 Å². The lowest BCUT2D eigenvalue weighted by molar-refractivity contribution is -0.926. The van der Waals surface area contributed by atoms with Gasteiger partial charge in [-0.2, -0.15) is 0 Å². The molecule has 0 spiro atoms. The Morgan fingerprint density at radius 3 is 2.07 bits per heavy atom. The summed E-state index contributed by atoms with van der Waals surface area (Å²) in [5, 5.41) is 10.2. The molecule has 0 saturated carbocycles. The Bertz CT molecular complexity index is 642. The molecule has 0 fully saturated rings. The maximum absolute atomic E-state index is 10.2. The highest BCUT2D eigenvalue weighted by Crippen LogP contribution is 2.23. The summed E-state index contributed by atoms with van der Waals surface area (Å²) in [6.07, 6.45) is -0.508. The molecule has 1 atom stereocenters. The van der Waals surface area contributed by atoms with Gasteiger partial charge in [0, 0.05) is 5.69 Å². The molecular formula is C17H33N3O6S. The number of nitrogens with two attached hydrogens (primary N) is 2. The van der Waals surface area contributed by atoms with E-state index in [1.54, 1.807) is 18.2 Å². The number of anilines is 2. The molecule has 1 aromatic rings. The molecular weight excluding hydrogens is 374 g/mol. The first-order valence-electron chi connectivity index (χ1n) is 8.93. The van der Waals surface area contributed by atoms with Gasteiger partial charge in [0.15, 0.2) is 0 Å². The van der Waals surface area contributed by atoms with Crippen molar-refractivity contribution in [1.29, 1.82) is 0 Å². The molecule has 0 aliphatic carbocycles. The van der Waals surface area contributed by atoms with Crippen LogP contribution in [0, 0.1) is 0 Å². The smallest absolute Gasteiger partial charge is 0.217 e. The molecule has 0 radical (unpaired) electrons. The van der Waals surface area contributed by atoms with Crippen LogP contribution in [0.1, 0.15) is 27.7 Å². The number of ether oxygens (including phenoxy) is 1. The molecule has 9 nitrogen and oxygen atoms in total. The normalized spacial score (nSPS) is 12.8. The number of hydrogen-bond acceptors (Lipinski definition) is 8. The summed E-state index contributed by atoms with van der Waals surface area (Å²) >= 11 is 0. The van der Waals surface area contributed by atoms with Crippen molar-refractivity contribution in [2.45, 2.75) is 33.8 Å². The number of quaternary nitrogens is 1. The molecule has 158 valence electrons. The zero-order chi connectivity index (χ0) is 21.1. The quantitative estimate of drug-likeness (QED) is 0.225. The van der Waals surface area contributed by atoms with E-state index in [0.29, 0.717) is 23.7 Å². The van der Waals surface area contributed by atoms with Gasteiger partial charge in [-0.05, 0) is 45.9 Å². The van der Waals surface area contributed by atoms with Gasteiger partial charge in [0.1, 0.15) is 25.0 Å². The molecule has 1 aromatic carbocycles. The fourth-order valence-corrected chi connectivity index (χ4v) is 2.88. The van der Waals surface area contributed by atoms with Crippen molar-refractivity contribution in [3.05, 3.63) is 18.2 Å². The van der Waals surface area contributed by atoms with E-state index in [2.05, 4.69) is 25.0 Å². The second-order valence-corrected chi connectivity index (χ2v) is 7.10. The molecule has 0 saturated heterocycles. The third-order valence-corrected chi connectivity index (χ3v) is 4.86. The monoisotopic (exact) mass is 407 g/mol. The summed E-state index contributed by atoms with van der Waals surface area (Å²) in [6, 6.07) is 5.13. The van der Waals surface area contributed by atoms with Crippen LogP contribution < -0.4 is 16.2 Å². The van der Waals surface area contributed by atoms with E-state index in [0.717, 1.165) is 24.1 Å². The van der Waals surface area contributed by atoms with Crippen LogP contribution in [0.4, 0.5) is 11.4 Å². The first-order valence-corrected chi connectivity index (χ1v) is 10.3. The Kier molecular flexibility index (Phi) is 11.3. The van der Waals surface area contributed by atoms with Crippen molar-refractivity contribution < 1.29 is 31.5 Å². The number of aliphatic hydroxyl groups is 1. The van der Waals surface area contributed by atoms with Crippen LogP contribution in [0.25, 0.3) is 0 Å². The number of aliphatic hydroxyl groups excluding tert-OH is 1. The summed E-state index contributed by atoms with van der Waals surface area (Å²) in [4.78, 5) is 0. The highest BCUT2D eigenvalue weighted by molar-refractivity contribution is 7.80. The highest BCUT2D eigenvalue weighted by Gasteiger charge is 2.25. The van der Waals surface area contributed by atoms with Crippen molar-refractivity contribution in [3.63, 3.8) is 0 Å². The number of nitrogen functional groups attached to an aromatic ring is 2. The van der Waals surface area contributed by atoms with Gasteiger partial charge in [-0.15, -0.1) is 0 Å². The van der Waals surface area contributed by atoms with Gasteiger partial charge in [-0.25, -0.2) is 8.42 Å². The fourth-order valence-electron chi connectivity index (χ4n) is 2.59. The van der Waals surface area contributed by atoms with E-state index in [9.17, 15) is 18.1 Å². The standard InChI is InChI=1S/C15H28N3O2.C2H6O4S/c1-4-18(5-2,6-3)10-13(19)11-20-15-8-7-12(16)9-14(15)17;1-2-6-7(3,4)5/h7-9,13,19H,4-6,10-11,16-17H2,1-3H3;2H2,1H3,(H,3,4,5)/q+1;/p-1. The predicted octanol–water partition coefficient (Wildman–Crippen LogP) is 0.950. The van der Waals surface area contributed by atoms with E-state index in [1.165, 1.54) is 6.92 Å². The highest BCUT2D eigenvalue weighted by atomic mass is 32.3. The molecule has 1 rings (SSSR count). The van der Waals surface area contributed by atoms with Gasteiger partial charge >= 0.3 is 0 Å². The second-order valence-electron chi connectivity index (χ2n) is 6.05. The zero-order valence-electron chi connectivity index (χ0n) is 16.6. The molecule has 27 heavy (non-hydrogen) atoms. The van der Waals surface area contributed by atoms with Crippen molar-refractivity contribution >= 4 is 21.8 Å². The van der Waals surface area contributed by atoms with Crippen molar-refractivity contribution in [3.8, 4) is 5.75 Å². The lowest BCUT2D eigenvalue weighted by Gasteiger charge is -2.37. The largest absolute Gasteiger partial charge is 0.726 e. The SMILES string of the molecule is CCOS(=O)(=O)[O-].CC[N+](CC)(CC)CC(O)COc1ccc(N)cc1N. The second kappa shape index (κ2) is 12.0. The third-order valence-electron chi connectivity index (χ3n) is 4.34. The van der Waals surface area contributed by atoms with Gasteiger partial charge in [0.2, 0.25) is 10.4 Å². The first-order chi connectivity index (χ1) is 12.5. The Labute approximate surface area is 162 Å². The minimum atomic E-state index is -4.42. The van der Waals surface area contributed by atoms with Crippen molar-refractivity contribution in [2.24, 2.45) is 0 Å². The van der Waals surface area contributed by atoms with Crippen molar-refractivity contribution in [2.75, 3.05) is 50.9 Å². The van der Waals surface area contributed by atoms with Gasteiger partial charge in [-0.3, -0.25) is 4.18 Å². The molecule has 0 heterocycles. The Hall–Kier alpha value is -1.59. The minimum absolute atomic E-state index is 0.0914. The molecule has 10 heteroatoms. The van der Waals surface area contributed by atoms with Crippen LogP contribution in [-0.2, 0) is 14.6 Å². The number of nitrogens with zero attached hydrogens (tertiary/aromatic N) is 1. The average molecular weight is 408 g/mol.